The molecule has 1 radical (unpaired) electrons. The molecule has 0 heterocycles. The fourth-order valence-corrected chi connectivity index (χ4v) is 1.70. The van der Waals surface area contributed by atoms with Gasteiger partial charge in [0.15, 0.2) is 0 Å². The second kappa shape index (κ2) is 5.27. The van der Waals surface area contributed by atoms with Crippen LogP contribution in [0.4, 0.5) is 4.39 Å². The first-order valence-electron chi connectivity index (χ1n) is 5.35. The third-order valence-electron chi connectivity index (χ3n) is 2.53. The lowest BCUT2D eigenvalue weighted by Gasteiger charge is -2.08. The first kappa shape index (κ1) is 11.3. The first-order chi connectivity index (χ1) is 8.29. The molecule has 0 amide bonds. The van der Waals surface area contributed by atoms with E-state index in [4.69, 9.17) is 5.26 Å². The number of nitriles is 1. The van der Waals surface area contributed by atoms with E-state index in [1.807, 2.05) is 36.4 Å². The summed E-state index contributed by atoms with van der Waals surface area (Å²) in [6.07, 6.45) is 0.457. The molecule has 2 aromatic carbocycles. The maximum atomic E-state index is 13.0. The second-order valence-electron chi connectivity index (χ2n) is 3.76. The Morgan fingerprint density at radius 3 is 2.47 bits per heavy atom. The van der Waals surface area contributed by atoms with Gasteiger partial charge in [0.05, 0.1) is 6.07 Å². The van der Waals surface area contributed by atoms with Gasteiger partial charge in [0.1, 0.15) is 11.7 Å². The Kier molecular flexibility index (Phi) is 3.52. The van der Waals surface area contributed by atoms with E-state index < -0.39 is 0 Å². The van der Waals surface area contributed by atoms with Crippen molar-refractivity contribution >= 4 is 0 Å². The highest BCUT2D eigenvalue weighted by molar-refractivity contribution is 5.41. The number of hydrogen-bond donors (Lipinski definition) is 0. The van der Waals surface area contributed by atoms with Gasteiger partial charge in [-0.2, -0.15) is 5.26 Å². The van der Waals surface area contributed by atoms with Crippen LogP contribution >= 0.6 is 0 Å². The van der Waals surface area contributed by atoms with Crippen molar-refractivity contribution < 1.29 is 4.39 Å². The van der Waals surface area contributed by atoms with Crippen molar-refractivity contribution in [3.8, 4) is 6.07 Å². The number of hydrogen-bond acceptors (Lipinski definition) is 1. The molecule has 0 saturated carbocycles. The van der Waals surface area contributed by atoms with Crippen LogP contribution in [0.25, 0.3) is 0 Å². The summed E-state index contributed by atoms with van der Waals surface area (Å²) in [5.41, 5.74) is 1.70. The highest BCUT2D eigenvalue weighted by Gasteiger charge is 2.12. The van der Waals surface area contributed by atoms with E-state index in [0.29, 0.717) is 12.3 Å². The summed E-state index contributed by atoms with van der Waals surface area (Å²) in [4.78, 5) is 0. The van der Waals surface area contributed by atoms with Crippen molar-refractivity contribution in [2.24, 2.45) is 0 Å². The lowest BCUT2D eigenvalue weighted by Crippen LogP contribution is -2.01. The van der Waals surface area contributed by atoms with Gasteiger partial charge in [-0.3, -0.25) is 0 Å². The van der Waals surface area contributed by atoms with Gasteiger partial charge in [-0.25, -0.2) is 4.39 Å². The molecule has 2 rings (SSSR count). The minimum atomic E-state index is -0.271. The molecule has 0 spiro atoms. The summed E-state index contributed by atoms with van der Waals surface area (Å²) >= 11 is 0. The van der Waals surface area contributed by atoms with Crippen molar-refractivity contribution in [1.29, 1.82) is 5.26 Å². The van der Waals surface area contributed by atoms with Gasteiger partial charge in [-0.1, -0.05) is 42.5 Å². The smallest absolute Gasteiger partial charge is 0.123 e. The molecular weight excluding hydrogens is 213 g/mol. The first-order valence-corrected chi connectivity index (χ1v) is 5.35. The number of nitrogens with zero attached hydrogens (tertiary/aromatic N) is 1. The molecule has 0 unspecified atom stereocenters. The standard InChI is InChI=1S/C15H11FN/c16-15-8-4-5-12(10-15)9-14(11-17)13-6-2-1-3-7-13/h1-8,10H,9H2. The van der Waals surface area contributed by atoms with Crippen LogP contribution in [0.3, 0.4) is 0 Å². The molecule has 0 aliphatic carbocycles. The summed E-state index contributed by atoms with van der Waals surface area (Å²) in [7, 11) is 0. The maximum absolute atomic E-state index is 13.0. The summed E-state index contributed by atoms with van der Waals surface area (Å²) in [5, 5.41) is 9.13. The molecule has 2 heteroatoms. The Hall–Kier alpha value is -2.14. The molecule has 0 N–H and O–H groups in total. The van der Waals surface area contributed by atoms with Crippen LogP contribution in [0.2, 0.25) is 0 Å². The van der Waals surface area contributed by atoms with Crippen molar-refractivity contribution in [3.63, 3.8) is 0 Å². The third kappa shape index (κ3) is 2.92. The van der Waals surface area contributed by atoms with E-state index in [9.17, 15) is 4.39 Å². The van der Waals surface area contributed by atoms with E-state index in [-0.39, 0.29) is 5.82 Å². The average molecular weight is 224 g/mol. The van der Waals surface area contributed by atoms with Crippen molar-refractivity contribution in [1.82, 2.24) is 0 Å². The van der Waals surface area contributed by atoms with Gasteiger partial charge in [0.25, 0.3) is 0 Å². The van der Waals surface area contributed by atoms with Gasteiger partial charge in [-0.05, 0) is 29.7 Å². The second-order valence-corrected chi connectivity index (χ2v) is 3.76. The average Bonchev–Trinajstić information content (AvgIpc) is 2.37. The van der Waals surface area contributed by atoms with E-state index in [1.54, 1.807) is 6.07 Å². The fourth-order valence-electron chi connectivity index (χ4n) is 1.70. The number of benzene rings is 2. The highest BCUT2D eigenvalue weighted by Crippen LogP contribution is 2.19. The van der Waals surface area contributed by atoms with Crippen molar-refractivity contribution in [2.75, 3.05) is 0 Å². The quantitative estimate of drug-likeness (QED) is 0.782. The molecular formula is C15H11FN. The zero-order valence-electron chi connectivity index (χ0n) is 9.23. The van der Waals surface area contributed by atoms with Crippen molar-refractivity contribution in [2.45, 2.75) is 6.42 Å². The predicted octanol–water partition coefficient (Wildman–Crippen LogP) is 3.51. The van der Waals surface area contributed by atoms with Crippen LogP contribution in [0.5, 0.6) is 0 Å². The largest absolute Gasteiger partial charge is 0.207 e. The van der Waals surface area contributed by atoms with Gasteiger partial charge < -0.3 is 0 Å². The van der Waals surface area contributed by atoms with Gasteiger partial charge in [-0.15, -0.1) is 0 Å². The summed E-state index contributed by atoms with van der Waals surface area (Å²) in [6, 6.07) is 18.0. The van der Waals surface area contributed by atoms with Gasteiger partial charge in [0.2, 0.25) is 0 Å². The van der Waals surface area contributed by atoms with Crippen molar-refractivity contribution in [3.05, 3.63) is 77.5 Å². The molecule has 0 bridgehead atoms. The Labute approximate surface area is 100 Å². The molecule has 0 atom stereocenters. The van der Waals surface area contributed by atoms with E-state index in [0.717, 1.165) is 11.1 Å². The minimum Gasteiger partial charge on any atom is -0.207 e. The zero-order chi connectivity index (χ0) is 12.1. The Bertz CT molecular complexity index is 528. The normalized spacial score (nSPS) is 10.2. The number of rotatable bonds is 3. The van der Waals surface area contributed by atoms with E-state index in [2.05, 4.69) is 6.07 Å². The maximum Gasteiger partial charge on any atom is 0.123 e. The lowest BCUT2D eigenvalue weighted by molar-refractivity contribution is 0.625. The van der Waals surface area contributed by atoms with Crippen LogP contribution in [0.1, 0.15) is 11.1 Å². The van der Waals surface area contributed by atoms with Crippen LogP contribution in [0, 0.1) is 23.1 Å². The van der Waals surface area contributed by atoms with Gasteiger partial charge in [0, 0.05) is 0 Å². The highest BCUT2D eigenvalue weighted by atomic mass is 19.1. The molecule has 0 aliphatic heterocycles. The third-order valence-corrected chi connectivity index (χ3v) is 2.53. The van der Waals surface area contributed by atoms with E-state index >= 15 is 0 Å². The summed E-state index contributed by atoms with van der Waals surface area (Å²) < 4.78 is 13.0. The molecule has 0 aliphatic rings. The van der Waals surface area contributed by atoms with Crippen LogP contribution in [-0.2, 0) is 6.42 Å². The summed E-state index contributed by atoms with van der Waals surface area (Å²) in [5.74, 6) is 0.379. The van der Waals surface area contributed by atoms with Crippen LogP contribution in [-0.4, -0.2) is 0 Å². The molecule has 0 fully saturated rings. The van der Waals surface area contributed by atoms with Crippen LogP contribution in [0.15, 0.2) is 54.6 Å². The SMILES string of the molecule is N#C[C](Cc1cccc(F)c1)c1ccccc1. The molecule has 0 saturated heterocycles. The molecule has 17 heavy (non-hydrogen) atoms. The Balaban J connectivity index is 2.20. The molecule has 1 nitrogen and oxygen atoms in total. The Morgan fingerprint density at radius 2 is 1.82 bits per heavy atom. The number of halogens is 1. The fraction of sp³-hybridized carbons (Fsp3) is 0.0667. The lowest BCUT2D eigenvalue weighted by atomic mass is 9.93. The summed E-state index contributed by atoms with van der Waals surface area (Å²) in [6.45, 7) is 0. The molecule has 0 aromatic heterocycles. The Morgan fingerprint density at radius 1 is 1.06 bits per heavy atom. The zero-order valence-corrected chi connectivity index (χ0v) is 9.23. The van der Waals surface area contributed by atoms with E-state index in [1.165, 1.54) is 12.1 Å². The van der Waals surface area contributed by atoms with Gasteiger partial charge >= 0.3 is 0 Å². The monoisotopic (exact) mass is 224 g/mol. The molecule has 2 aromatic rings. The predicted molar refractivity (Wildman–Crippen MR) is 64.5 cm³/mol. The topological polar surface area (TPSA) is 23.8 Å². The minimum absolute atomic E-state index is 0.271. The molecule has 83 valence electrons. The van der Waals surface area contributed by atoms with Crippen LogP contribution < -0.4 is 0 Å².